The summed E-state index contributed by atoms with van der Waals surface area (Å²) in [5.74, 6) is 0.642. The maximum atomic E-state index is 12.5. The smallest absolute Gasteiger partial charge is 0.251 e. The molecule has 1 heterocycles. The van der Waals surface area contributed by atoms with E-state index in [4.69, 9.17) is 4.74 Å². The van der Waals surface area contributed by atoms with Gasteiger partial charge in [0, 0.05) is 12.1 Å². The van der Waals surface area contributed by atoms with Gasteiger partial charge in [-0.25, -0.2) is 8.42 Å². The van der Waals surface area contributed by atoms with Crippen molar-refractivity contribution in [2.24, 2.45) is 0 Å². The highest BCUT2D eigenvalue weighted by Crippen LogP contribution is 2.24. The molecule has 0 radical (unpaired) electrons. The van der Waals surface area contributed by atoms with Crippen LogP contribution in [0.15, 0.2) is 54.6 Å². The molecule has 3 rings (SSSR count). The number of hydrogen-bond acceptors (Lipinski definition) is 4. The lowest BCUT2D eigenvalue weighted by atomic mass is 10.1. The summed E-state index contributed by atoms with van der Waals surface area (Å²) in [6.07, 6.45) is 1.50. The molecule has 6 nitrogen and oxygen atoms in total. The number of nitrogens with zero attached hydrogens (tertiary/aromatic N) is 1. The minimum Gasteiger partial charge on any atom is -0.491 e. The van der Waals surface area contributed by atoms with Crippen LogP contribution >= 0.6 is 0 Å². The molecule has 1 amide bonds. The Bertz CT molecular complexity index is 884. The maximum Gasteiger partial charge on any atom is 0.251 e. The minimum absolute atomic E-state index is 0.150. The normalized spacial score (nSPS) is 17.1. The molecule has 1 aliphatic heterocycles. The van der Waals surface area contributed by atoms with Crippen LogP contribution in [-0.4, -0.2) is 39.3 Å². The summed E-state index contributed by atoms with van der Waals surface area (Å²) in [7, 11) is -3.30. The molecular weight excluding hydrogens is 364 g/mol. The molecule has 7 heteroatoms. The number of ether oxygens (including phenoxy) is 1. The van der Waals surface area contributed by atoms with E-state index in [9.17, 15) is 13.2 Å². The summed E-state index contributed by atoms with van der Waals surface area (Å²) in [5.41, 5.74) is 0.968. The summed E-state index contributed by atoms with van der Waals surface area (Å²) >= 11 is 0. The van der Waals surface area contributed by atoms with E-state index in [-0.39, 0.29) is 17.7 Å². The first kappa shape index (κ1) is 19.2. The number of benzene rings is 2. The minimum atomic E-state index is -3.30. The molecule has 1 N–H and O–H groups in total. The van der Waals surface area contributed by atoms with Crippen molar-refractivity contribution in [1.82, 2.24) is 5.32 Å². The zero-order chi connectivity index (χ0) is 19.3. The largest absolute Gasteiger partial charge is 0.491 e. The van der Waals surface area contributed by atoms with Gasteiger partial charge in [0.1, 0.15) is 12.4 Å². The van der Waals surface area contributed by atoms with E-state index in [0.717, 1.165) is 12.2 Å². The highest BCUT2D eigenvalue weighted by Gasteiger charge is 2.26. The third-order valence-corrected chi connectivity index (χ3v) is 6.24. The third-order valence-electron chi connectivity index (χ3n) is 4.37. The number of nitrogens with one attached hydrogen (secondary N) is 1. The fourth-order valence-electron chi connectivity index (χ4n) is 2.97. The van der Waals surface area contributed by atoms with Gasteiger partial charge in [0.25, 0.3) is 5.91 Å². The van der Waals surface area contributed by atoms with Crippen LogP contribution in [-0.2, 0) is 10.0 Å². The zero-order valence-corrected chi connectivity index (χ0v) is 16.1. The summed E-state index contributed by atoms with van der Waals surface area (Å²) < 4.78 is 31.6. The Labute approximate surface area is 160 Å². The van der Waals surface area contributed by atoms with Crippen LogP contribution in [0.5, 0.6) is 5.75 Å². The second-order valence-electron chi connectivity index (χ2n) is 6.64. The van der Waals surface area contributed by atoms with Crippen LogP contribution in [0.4, 0.5) is 5.69 Å². The number of carbonyl (C=O) groups excluding carboxylic acids is 1. The van der Waals surface area contributed by atoms with Gasteiger partial charge in [-0.05, 0) is 50.1 Å². The average Bonchev–Trinajstić information content (AvgIpc) is 2.67. The van der Waals surface area contributed by atoms with Crippen LogP contribution in [0, 0.1) is 0 Å². The number of carbonyl (C=O) groups is 1. The number of sulfonamides is 1. The van der Waals surface area contributed by atoms with Crippen molar-refractivity contribution in [2.75, 3.05) is 23.2 Å². The average molecular weight is 388 g/mol. The summed E-state index contributed by atoms with van der Waals surface area (Å²) in [5, 5.41) is 2.89. The van der Waals surface area contributed by atoms with Gasteiger partial charge in [0.15, 0.2) is 0 Å². The topological polar surface area (TPSA) is 75.7 Å². The third kappa shape index (κ3) is 5.01. The molecule has 1 atom stereocenters. The van der Waals surface area contributed by atoms with Gasteiger partial charge in [-0.1, -0.05) is 24.3 Å². The fraction of sp³-hybridized carbons (Fsp3) is 0.350. The first-order valence-electron chi connectivity index (χ1n) is 9.05. The lowest BCUT2D eigenvalue weighted by molar-refractivity contribution is 0.0926. The molecule has 144 valence electrons. The van der Waals surface area contributed by atoms with Crippen molar-refractivity contribution in [3.8, 4) is 5.75 Å². The Kier molecular flexibility index (Phi) is 6.01. The predicted molar refractivity (Wildman–Crippen MR) is 106 cm³/mol. The van der Waals surface area contributed by atoms with Gasteiger partial charge in [0.2, 0.25) is 10.0 Å². The Hall–Kier alpha value is -2.54. The van der Waals surface area contributed by atoms with Crippen molar-refractivity contribution >= 4 is 21.6 Å². The van der Waals surface area contributed by atoms with E-state index in [1.54, 1.807) is 24.3 Å². The molecule has 0 saturated carbocycles. The fourth-order valence-corrected chi connectivity index (χ4v) is 4.60. The Balaban J connectivity index is 1.63. The molecule has 2 aromatic rings. The van der Waals surface area contributed by atoms with Crippen LogP contribution in [0.1, 0.15) is 30.1 Å². The van der Waals surface area contributed by atoms with Crippen molar-refractivity contribution in [2.45, 2.75) is 25.8 Å². The van der Waals surface area contributed by atoms with E-state index in [2.05, 4.69) is 5.32 Å². The Morgan fingerprint density at radius 1 is 1.15 bits per heavy atom. The zero-order valence-electron chi connectivity index (χ0n) is 15.3. The van der Waals surface area contributed by atoms with E-state index in [1.807, 2.05) is 37.3 Å². The number of rotatable bonds is 6. The van der Waals surface area contributed by atoms with Crippen LogP contribution in [0.25, 0.3) is 0 Å². The highest BCUT2D eigenvalue weighted by molar-refractivity contribution is 7.92. The Morgan fingerprint density at radius 3 is 2.67 bits per heavy atom. The number of hydrogen-bond donors (Lipinski definition) is 1. The quantitative estimate of drug-likeness (QED) is 0.826. The number of amides is 1. The van der Waals surface area contributed by atoms with Gasteiger partial charge in [-0.15, -0.1) is 0 Å². The lowest BCUT2D eigenvalue weighted by Crippen LogP contribution is -2.38. The monoisotopic (exact) mass is 388 g/mol. The second kappa shape index (κ2) is 8.43. The molecule has 1 saturated heterocycles. The van der Waals surface area contributed by atoms with Crippen LogP contribution in [0.3, 0.4) is 0 Å². The number of para-hydroxylation sites is 1. The number of anilines is 1. The molecule has 1 fully saturated rings. The molecule has 0 spiro atoms. The van der Waals surface area contributed by atoms with Gasteiger partial charge in [0.05, 0.1) is 17.5 Å². The first-order chi connectivity index (χ1) is 13.0. The molecule has 0 aromatic heterocycles. The van der Waals surface area contributed by atoms with Crippen LogP contribution in [0.2, 0.25) is 0 Å². The van der Waals surface area contributed by atoms with E-state index in [1.165, 1.54) is 4.31 Å². The molecule has 0 unspecified atom stereocenters. The van der Waals surface area contributed by atoms with Crippen molar-refractivity contribution in [1.29, 1.82) is 0 Å². The van der Waals surface area contributed by atoms with Gasteiger partial charge >= 0.3 is 0 Å². The Morgan fingerprint density at radius 2 is 1.93 bits per heavy atom. The lowest BCUT2D eigenvalue weighted by Gasteiger charge is -2.28. The van der Waals surface area contributed by atoms with Gasteiger partial charge < -0.3 is 10.1 Å². The SMILES string of the molecule is C[C@H](COc1ccccc1)NC(=O)c1cccc(N2CCCCS2(=O)=O)c1. The molecule has 0 bridgehead atoms. The predicted octanol–water partition coefficient (Wildman–Crippen LogP) is 2.81. The maximum absolute atomic E-state index is 12.5. The van der Waals surface area contributed by atoms with Crippen LogP contribution < -0.4 is 14.4 Å². The first-order valence-corrected chi connectivity index (χ1v) is 10.7. The molecule has 1 aliphatic rings. The van der Waals surface area contributed by atoms with Gasteiger partial charge in [-0.2, -0.15) is 0 Å². The van der Waals surface area contributed by atoms with Crippen molar-refractivity contribution in [3.05, 3.63) is 60.2 Å². The second-order valence-corrected chi connectivity index (χ2v) is 8.66. The molecular formula is C20H24N2O4S. The molecule has 0 aliphatic carbocycles. The summed E-state index contributed by atoms with van der Waals surface area (Å²) in [6, 6.07) is 15.9. The summed E-state index contributed by atoms with van der Waals surface area (Å²) in [6.45, 7) is 2.66. The van der Waals surface area contributed by atoms with E-state index < -0.39 is 10.0 Å². The van der Waals surface area contributed by atoms with Crippen molar-refractivity contribution in [3.63, 3.8) is 0 Å². The summed E-state index contributed by atoms with van der Waals surface area (Å²) in [4.78, 5) is 12.5. The van der Waals surface area contributed by atoms with E-state index in [0.29, 0.717) is 30.8 Å². The van der Waals surface area contributed by atoms with E-state index >= 15 is 0 Å². The van der Waals surface area contributed by atoms with Crippen molar-refractivity contribution < 1.29 is 17.9 Å². The molecule has 2 aromatic carbocycles. The van der Waals surface area contributed by atoms with Gasteiger partial charge in [-0.3, -0.25) is 9.10 Å². The standard InChI is InChI=1S/C20H24N2O4S/c1-16(15-26-19-10-3-2-4-11-19)21-20(23)17-8-7-9-18(14-17)22-12-5-6-13-27(22,24)25/h2-4,7-11,14,16H,5-6,12-13,15H2,1H3,(H,21,23)/t16-/m1/s1. The molecule has 27 heavy (non-hydrogen) atoms. The highest BCUT2D eigenvalue weighted by atomic mass is 32.2.